The quantitative estimate of drug-likeness (QED) is 0.431. The summed E-state index contributed by atoms with van der Waals surface area (Å²) in [4.78, 5) is 50.0. The maximum Gasteiger partial charge on any atom is 0.488 e. The Labute approximate surface area is 246 Å². The molecule has 11 heteroatoms. The largest absolute Gasteiger partial charge is 0.488 e. The van der Waals surface area contributed by atoms with Gasteiger partial charge in [0, 0.05) is 38.5 Å². The Morgan fingerprint density at radius 2 is 1.86 bits per heavy atom. The number of nitrogens with zero attached hydrogens (tertiary/aromatic N) is 4. The topological polar surface area (TPSA) is 126 Å². The number of fused-ring (bicyclic) bond motifs is 1. The number of hydrogen-bond donors (Lipinski definition) is 3. The summed E-state index contributed by atoms with van der Waals surface area (Å²) < 4.78 is 0. The lowest BCUT2D eigenvalue weighted by atomic mass is 9.78. The first-order valence-corrected chi connectivity index (χ1v) is 14.5. The average molecular weight is 571 g/mol. The van der Waals surface area contributed by atoms with Crippen LogP contribution in [0.3, 0.4) is 0 Å². The van der Waals surface area contributed by atoms with Crippen molar-refractivity contribution < 1.29 is 24.4 Å². The first-order chi connectivity index (χ1) is 20.1. The van der Waals surface area contributed by atoms with Crippen molar-refractivity contribution in [3.8, 4) is 0 Å². The van der Waals surface area contributed by atoms with Crippen LogP contribution < -0.4 is 15.7 Å². The minimum Gasteiger partial charge on any atom is -0.423 e. The molecule has 2 aromatic rings. The molecule has 1 fully saturated rings. The molecule has 0 aromatic heterocycles. The number of carbonyl (C=O) groups excluding carboxylic acids is 3. The fraction of sp³-hybridized carbons (Fsp3) is 0.419. The number of piperidine rings is 1. The molecule has 0 radical (unpaired) electrons. The highest BCUT2D eigenvalue weighted by molar-refractivity contribution is 6.58. The Morgan fingerprint density at radius 3 is 2.55 bits per heavy atom. The van der Waals surface area contributed by atoms with Gasteiger partial charge in [0.15, 0.2) is 0 Å². The van der Waals surface area contributed by atoms with Gasteiger partial charge in [-0.3, -0.25) is 19.4 Å². The van der Waals surface area contributed by atoms with E-state index in [0.717, 1.165) is 43.5 Å². The number of allylic oxidation sites excluding steroid dienone is 1. The van der Waals surface area contributed by atoms with Gasteiger partial charge in [0.2, 0.25) is 5.91 Å². The van der Waals surface area contributed by atoms with Gasteiger partial charge >= 0.3 is 7.12 Å². The Hall–Kier alpha value is -3.80. The maximum atomic E-state index is 13.9. The van der Waals surface area contributed by atoms with Gasteiger partial charge in [-0.05, 0) is 105 Å². The van der Waals surface area contributed by atoms with Crippen LogP contribution in [-0.2, 0) is 11.3 Å². The molecular formula is C31H38BN5O5. The zero-order valence-electron chi connectivity index (χ0n) is 24.4. The lowest BCUT2D eigenvalue weighted by molar-refractivity contribution is -0.122. The highest BCUT2D eigenvalue weighted by Gasteiger charge is 2.36. The zero-order valence-corrected chi connectivity index (χ0v) is 24.4. The van der Waals surface area contributed by atoms with Gasteiger partial charge in [0.05, 0.1) is 11.3 Å². The van der Waals surface area contributed by atoms with Crippen molar-refractivity contribution >= 4 is 47.8 Å². The van der Waals surface area contributed by atoms with Crippen LogP contribution >= 0.6 is 0 Å². The molecule has 3 aliphatic heterocycles. The van der Waals surface area contributed by atoms with Gasteiger partial charge in [0.1, 0.15) is 6.04 Å². The van der Waals surface area contributed by atoms with Crippen molar-refractivity contribution in [3.05, 3.63) is 64.7 Å². The van der Waals surface area contributed by atoms with E-state index in [9.17, 15) is 24.4 Å². The first-order valence-electron chi connectivity index (χ1n) is 14.5. The fourth-order valence-corrected chi connectivity index (χ4v) is 5.88. The van der Waals surface area contributed by atoms with Crippen LogP contribution in [-0.4, -0.2) is 97.2 Å². The molecule has 0 bridgehead atoms. The average Bonchev–Trinajstić information content (AvgIpc) is 3.07. The number of likely N-dealkylation sites (N-methyl/N-ethyl adjacent to an activating group) is 1. The summed E-state index contributed by atoms with van der Waals surface area (Å²) in [6, 6.07) is 9.39. The number of carbonyl (C=O) groups is 3. The monoisotopic (exact) mass is 571 g/mol. The van der Waals surface area contributed by atoms with Crippen molar-refractivity contribution in [3.63, 3.8) is 0 Å². The predicted octanol–water partition coefficient (Wildman–Crippen LogP) is 1.30. The van der Waals surface area contributed by atoms with E-state index in [2.05, 4.69) is 22.3 Å². The molecule has 3 N–H and O–H groups in total. The van der Waals surface area contributed by atoms with E-state index in [1.54, 1.807) is 38.4 Å². The summed E-state index contributed by atoms with van der Waals surface area (Å²) in [6.07, 6.45) is 6.51. The SMILES string of the molecule is C[C@@H]1C(=O)N(C)c2cc(C3=CC=NCC3)ccc2C(=O)N1Cc1cc(B(O)O)cc(C(=O)NCC2CCN(C)CC2)c1. The Morgan fingerprint density at radius 1 is 1.10 bits per heavy atom. The van der Waals surface area contributed by atoms with E-state index >= 15 is 0 Å². The third-order valence-electron chi connectivity index (χ3n) is 8.59. The Balaban J connectivity index is 1.40. The molecule has 2 aromatic carbocycles. The van der Waals surface area contributed by atoms with Crippen molar-refractivity contribution in [1.29, 1.82) is 0 Å². The Bertz CT molecular complexity index is 1430. The minimum atomic E-state index is -1.80. The van der Waals surface area contributed by atoms with Crippen LogP contribution in [0.4, 0.5) is 5.69 Å². The van der Waals surface area contributed by atoms with E-state index < -0.39 is 13.2 Å². The zero-order chi connectivity index (χ0) is 30.0. The van der Waals surface area contributed by atoms with E-state index in [0.29, 0.717) is 35.8 Å². The summed E-state index contributed by atoms with van der Waals surface area (Å²) in [5.74, 6) is -0.487. The van der Waals surface area contributed by atoms with Crippen LogP contribution in [0.25, 0.3) is 5.57 Å². The molecule has 3 amide bonds. The maximum absolute atomic E-state index is 13.9. The minimum absolute atomic E-state index is 0.0121. The first kappa shape index (κ1) is 29.7. The van der Waals surface area contributed by atoms with Crippen LogP contribution in [0, 0.1) is 5.92 Å². The lowest BCUT2D eigenvalue weighted by Gasteiger charge is -2.29. The van der Waals surface area contributed by atoms with E-state index in [1.807, 2.05) is 18.2 Å². The number of aliphatic imine (C=N–C) groups is 1. The number of amides is 3. The molecule has 0 aliphatic carbocycles. The van der Waals surface area contributed by atoms with Crippen LogP contribution in [0.1, 0.15) is 58.0 Å². The van der Waals surface area contributed by atoms with Crippen molar-refractivity contribution in [2.45, 2.75) is 38.8 Å². The molecule has 10 nitrogen and oxygen atoms in total. The summed E-state index contributed by atoms with van der Waals surface area (Å²) >= 11 is 0. The highest BCUT2D eigenvalue weighted by atomic mass is 16.4. The van der Waals surface area contributed by atoms with Gasteiger partial charge in [-0.15, -0.1) is 0 Å². The van der Waals surface area contributed by atoms with E-state index in [1.165, 1.54) is 15.9 Å². The summed E-state index contributed by atoms with van der Waals surface area (Å²) in [5.41, 5.74) is 3.91. The second-order valence-corrected chi connectivity index (χ2v) is 11.5. The predicted molar refractivity (Wildman–Crippen MR) is 164 cm³/mol. The van der Waals surface area contributed by atoms with Crippen molar-refractivity contribution in [2.24, 2.45) is 10.9 Å². The number of rotatable bonds is 7. The molecule has 220 valence electrons. The number of benzene rings is 2. The summed E-state index contributed by atoms with van der Waals surface area (Å²) in [5, 5.41) is 22.9. The normalized spacial score (nSPS) is 19.8. The molecule has 5 rings (SSSR count). The van der Waals surface area contributed by atoms with Gasteiger partial charge in [-0.1, -0.05) is 12.1 Å². The van der Waals surface area contributed by atoms with E-state index in [-0.39, 0.29) is 35.3 Å². The second kappa shape index (κ2) is 12.6. The van der Waals surface area contributed by atoms with Gasteiger partial charge in [-0.2, -0.15) is 0 Å². The van der Waals surface area contributed by atoms with Gasteiger partial charge in [-0.25, -0.2) is 0 Å². The molecule has 42 heavy (non-hydrogen) atoms. The fourth-order valence-electron chi connectivity index (χ4n) is 5.88. The molecule has 0 saturated carbocycles. The van der Waals surface area contributed by atoms with Crippen LogP contribution in [0.15, 0.2) is 47.5 Å². The van der Waals surface area contributed by atoms with Crippen molar-refractivity contribution in [1.82, 2.24) is 15.1 Å². The molecule has 3 heterocycles. The standard InChI is InChI=1S/C31H38BN5O5/c1-20-30(39)36(3)28-17-24(23-6-10-33-11-7-23)4-5-27(28)31(40)37(20)19-22-14-25(16-26(15-22)32(41)42)29(38)34-18-21-8-12-35(2)13-9-21/h4-6,10,14-17,20-21,41-42H,7-9,11-13,18-19H2,1-3H3,(H,34,38)/t20-/m1/s1. The number of hydrogen-bond acceptors (Lipinski definition) is 7. The smallest absolute Gasteiger partial charge is 0.423 e. The third kappa shape index (κ3) is 6.33. The molecular weight excluding hydrogens is 533 g/mol. The molecule has 3 aliphatic rings. The number of likely N-dealkylation sites (tertiary alicyclic amines) is 1. The van der Waals surface area contributed by atoms with E-state index in [4.69, 9.17) is 0 Å². The molecule has 0 unspecified atom stereocenters. The Kier molecular flexibility index (Phi) is 8.91. The molecule has 0 spiro atoms. The van der Waals surface area contributed by atoms with Gasteiger partial charge < -0.3 is 30.1 Å². The summed E-state index contributed by atoms with van der Waals surface area (Å²) in [7, 11) is 1.96. The highest BCUT2D eigenvalue weighted by Crippen LogP contribution is 2.32. The summed E-state index contributed by atoms with van der Waals surface area (Å²) in [6.45, 7) is 4.91. The number of nitrogens with one attached hydrogen (secondary N) is 1. The number of dihydropyridines is 1. The molecule has 1 atom stereocenters. The van der Waals surface area contributed by atoms with Gasteiger partial charge in [0.25, 0.3) is 11.8 Å². The number of anilines is 1. The van der Waals surface area contributed by atoms with Crippen molar-refractivity contribution in [2.75, 3.05) is 45.2 Å². The molecule has 1 saturated heterocycles. The third-order valence-corrected chi connectivity index (χ3v) is 8.59. The van der Waals surface area contributed by atoms with Crippen LogP contribution in [0.5, 0.6) is 0 Å². The second-order valence-electron chi connectivity index (χ2n) is 11.5. The van der Waals surface area contributed by atoms with Crippen LogP contribution in [0.2, 0.25) is 0 Å². The lowest BCUT2D eigenvalue weighted by Crippen LogP contribution is -2.45.